The molecule has 1 saturated heterocycles. The lowest BCUT2D eigenvalue weighted by atomic mass is 9.74. The molecule has 4 rings (SSSR count). The van der Waals surface area contributed by atoms with E-state index in [1.165, 1.54) is 34.2 Å². The molecule has 0 spiro atoms. The Morgan fingerprint density at radius 3 is 2.92 bits per heavy atom. The molecule has 0 bridgehead atoms. The molecule has 2 aliphatic rings. The third-order valence-electron chi connectivity index (χ3n) is 6.46. The number of fused-ring (bicyclic) bond motifs is 5. The summed E-state index contributed by atoms with van der Waals surface area (Å²) in [5.41, 5.74) is 5.28. The van der Waals surface area contributed by atoms with Gasteiger partial charge in [-0.05, 0) is 47.9 Å². The van der Waals surface area contributed by atoms with Crippen molar-refractivity contribution in [3.63, 3.8) is 0 Å². The van der Waals surface area contributed by atoms with Gasteiger partial charge < -0.3 is 14.5 Å². The minimum atomic E-state index is 0.442. The van der Waals surface area contributed by atoms with E-state index in [4.69, 9.17) is 9.47 Å². The summed E-state index contributed by atoms with van der Waals surface area (Å²) in [5, 5.41) is 1.27. The second-order valence-corrected chi connectivity index (χ2v) is 7.76. The Hall–Kier alpha value is -1.78. The second-order valence-electron chi connectivity index (χ2n) is 7.76. The highest BCUT2D eigenvalue weighted by Gasteiger charge is 2.40. The summed E-state index contributed by atoms with van der Waals surface area (Å²) in [6.45, 7) is 9.61. The minimum Gasteiger partial charge on any atom is -0.496 e. The quantitative estimate of drug-likeness (QED) is 0.813. The molecule has 3 heterocycles. The number of methoxy groups -OCH3 is 2. The van der Waals surface area contributed by atoms with Crippen molar-refractivity contribution in [2.24, 2.45) is 11.8 Å². The fourth-order valence-corrected chi connectivity index (χ4v) is 5.16. The molecule has 2 aromatic rings. The molecule has 0 aliphatic carbocycles. The number of aromatic nitrogens is 1. The van der Waals surface area contributed by atoms with Crippen LogP contribution in [0.2, 0.25) is 0 Å². The van der Waals surface area contributed by atoms with Gasteiger partial charge in [-0.1, -0.05) is 26.0 Å². The highest BCUT2D eigenvalue weighted by molar-refractivity contribution is 5.91. The zero-order valence-corrected chi connectivity index (χ0v) is 16.2. The van der Waals surface area contributed by atoms with Crippen molar-refractivity contribution in [3.8, 4) is 5.75 Å². The summed E-state index contributed by atoms with van der Waals surface area (Å²) in [4.78, 5) is 6.41. The summed E-state index contributed by atoms with van der Waals surface area (Å²) in [6.07, 6.45) is 3.42. The molecular formula is C22H30N2O2. The van der Waals surface area contributed by atoms with Gasteiger partial charge >= 0.3 is 0 Å². The standard InChI is InChI=1S/C22H30N2O2/c1-5-15-12-24-10-9-16-21-18(7-6-8-20(21)26-4)23-22(16)19(24)11-17(15)14(2)13-25-3/h6-8,15,17,19,23H,2,5,9-13H2,1,3-4H3/t15-,17-,19+/m1/s1. The van der Waals surface area contributed by atoms with Crippen LogP contribution in [0, 0.1) is 11.8 Å². The lowest BCUT2D eigenvalue weighted by molar-refractivity contribution is 0.0578. The van der Waals surface area contributed by atoms with Gasteiger partial charge in [0.2, 0.25) is 0 Å². The van der Waals surface area contributed by atoms with Crippen molar-refractivity contribution >= 4 is 10.9 Å². The van der Waals surface area contributed by atoms with Crippen LogP contribution in [0.4, 0.5) is 0 Å². The molecule has 0 saturated carbocycles. The average Bonchev–Trinajstić information content (AvgIpc) is 3.06. The van der Waals surface area contributed by atoms with Crippen LogP contribution in [-0.2, 0) is 11.2 Å². The maximum atomic E-state index is 5.65. The molecule has 140 valence electrons. The van der Waals surface area contributed by atoms with E-state index in [0.717, 1.165) is 31.7 Å². The first-order valence-electron chi connectivity index (χ1n) is 9.76. The lowest BCUT2D eigenvalue weighted by Crippen LogP contribution is -2.46. The molecule has 0 amide bonds. The maximum Gasteiger partial charge on any atom is 0.128 e. The van der Waals surface area contributed by atoms with Crippen molar-refractivity contribution in [1.29, 1.82) is 0 Å². The zero-order chi connectivity index (χ0) is 18.3. The SMILES string of the molecule is C=C(COC)[C@H]1C[C@H]2c3[nH]c4cccc(OC)c4c3CCN2C[C@H]1CC. The van der Waals surface area contributed by atoms with E-state index in [9.17, 15) is 0 Å². The number of H-pyrrole nitrogens is 1. The fourth-order valence-electron chi connectivity index (χ4n) is 5.16. The molecular weight excluding hydrogens is 324 g/mol. The number of ether oxygens (including phenoxy) is 2. The molecule has 4 heteroatoms. The largest absolute Gasteiger partial charge is 0.496 e. The smallest absolute Gasteiger partial charge is 0.128 e. The van der Waals surface area contributed by atoms with Gasteiger partial charge in [-0.3, -0.25) is 4.90 Å². The van der Waals surface area contributed by atoms with Crippen molar-refractivity contribution in [2.45, 2.75) is 32.2 Å². The summed E-state index contributed by atoms with van der Waals surface area (Å²) in [7, 11) is 3.53. The molecule has 1 fully saturated rings. The second kappa shape index (κ2) is 7.09. The van der Waals surface area contributed by atoms with Crippen LogP contribution in [-0.4, -0.2) is 43.8 Å². The van der Waals surface area contributed by atoms with E-state index >= 15 is 0 Å². The number of hydrogen-bond donors (Lipinski definition) is 1. The van der Waals surface area contributed by atoms with E-state index in [2.05, 4.69) is 41.6 Å². The van der Waals surface area contributed by atoms with Gasteiger partial charge in [0.25, 0.3) is 0 Å². The lowest BCUT2D eigenvalue weighted by Gasteiger charge is -2.46. The average molecular weight is 354 g/mol. The predicted molar refractivity (Wildman–Crippen MR) is 106 cm³/mol. The molecule has 4 nitrogen and oxygen atoms in total. The van der Waals surface area contributed by atoms with Gasteiger partial charge in [0.1, 0.15) is 5.75 Å². The summed E-state index contributed by atoms with van der Waals surface area (Å²) in [5.74, 6) is 2.19. The molecule has 1 aromatic carbocycles. The number of hydrogen-bond acceptors (Lipinski definition) is 3. The molecule has 1 N–H and O–H groups in total. The van der Waals surface area contributed by atoms with Gasteiger partial charge in [0.05, 0.1) is 19.8 Å². The Morgan fingerprint density at radius 2 is 2.19 bits per heavy atom. The van der Waals surface area contributed by atoms with Gasteiger partial charge in [-0.15, -0.1) is 0 Å². The van der Waals surface area contributed by atoms with E-state index in [0.29, 0.717) is 24.5 Å². The number of rotatable bonds is 5. The number of benzene rings is 1. The fraction of sp³-hybridized carbons (Fsp3) is 0.545. The third-order valence-corrected chi connectivity index (χ3v) is 6.46. The van der Waals surface area contributed by atoms with Crippen molar-refractivity contribution < 1.29 is 9.47 Å². The Balaban J connectivity index is 1.73. The van der Waals surface area contributed by atoms with Crippen molar-refractivity contribution in [3.05, 3.63) is 41.6 Å². The first-order valence-corrected chi connectivity index (χ1v) is 9.76. The van der Waals surface area contributed by atoms with E-state index in [1.807, 2.05) is 0 Å². The van der Waals surface area contributed by atoms with Crippen LogP contribution in [0.15, 0.2) is 30.4 Å². The summed E-state index contributed by atoms with van der Waals surface area (Å²) in [6, 6.07) is 6.75. The monoisotopic (exact) mass is 354 g/mol. The van der Waals surface area contributed by atoms with Gasteiger partial charge in [0.15, 0.2) is 0 Å². The third kappa shape index (κ3) is 2.76. The van der Waals surface area contributed by atoms with Gasteiger partial charge in [-0.2, -0.15) is 0 Å². The van der Waals surface area contributed by atoms with E-state index in [1.54, 1.807) is 14.2 Å². The Labute approximate surface area is 156 Å². The Morgan fingerprint density at radius 1 is 1.35 bits per heavy atom. The predicted octanol–water partition coefficient (Wildman–Crippen LogP) is 4.32. The van der Waals surface area contributed by atoms with Crippen LogP contribution in [0.5, 0.6) is 5.75 Å². The molecule has 2 aliphatic heterocycles. The highest BCUT2D eigenvalue weighted by atomic mass is 16.5. The van der Waals surface area contributed by atoms with E-state index < -0.39 is 0 Å². The molecule has 0 radical (unpaired) electrons. The van der Waals surface area contributed by atoms with Gasteiger partial charge in [-0.25, -0.2) is 0 Å². The van der Waals surface area contributed by atoms with Crippen LogP contribution >= 0.6 is 0 Å². The molecule has 26 heavy (non-hydrogen) atoms. The number of nitrogens with one attached hydrogen (secondary N) is 1. The number of nitrogens with zero attached hydrogens (tertiary/aromatic N) is 1. The van der Waals surface area contributed by atoms with Crippen molar-refractivity contribution in [1.82, 2.24) is 9.88 Å². The van der Waals surface area contributed by atoms with Crippen LogP contribution < -0.4 is 4.74 Å². The number of aromatic amines is 1. The zero-order valence-electron chi connectivity index (χ0n) is 16.2. The normalized spacial score (nSPS) is 25.7. The van der Waals surface area contributed by atoms with E-state index in [-0.39, 0.29) is 0 Å². The van der Waals surface area contributed by atoms with Crippen LogP contribution in [0.25, 0.3) is 10.9 Å². The Kier molecular flexibility index (Phi) is 4.80. The number of piperidine rings is 1. The Bertz CT molecular complexity index is 810. The summed E-state index contributed by atoms with van der Waals surface area (Å²) >= 11 is 0. The first kappa shape index (κ1) is 17.6. The maximum absolute atomic E-state index is 5.65. The first-order chi connectivity index (χ1) is 12.7. The molecule has 0 unspecified atom stereocenters. The van der Waals surface area contributed by atoms with Crippen LogP contribution in [0.3, 0.4) is 0 Å². The molecule has 1 aromatic heterocycles. The van der Waals surface area contributed by atoms with Gasteiger partial charge in [0, 0.05) is 36.8 Å². The molecule has 3 atom stereocenters. The topological polar surface area (TPSA) is 37.5 Å². The highest BCUT2D eigenvalue weighted by Crippen LogP contribution is 2.46. The minimum absolute atomic E-state index is 0.442. The van der Waals surface area contributed by atoms with Crippen molar-refractivity contribution in [2.75, 3.05) is 33.9 Å². The summed E-state index contributed by atoms with van der Waals surface area (Å²) < 4.78 is 11.0. The van der Waals surface area contributed by atoms with Crippen LogP contribution in [0.1, 0.15) is 37.1 Å².